The first kappa shape index (κ1) is 19.6. The van der Waals surface area contributed by atoms with Gasteiger partial charge in [-0.1, -0.05) is 30.3 Å². The van der Waals surface area contributed by atoms with Crippen LogP contribution in [0.3, 0.4) is 0 Å². The average molecular weight is 355 g/mol. The molecular formula is C17H25NO7. The molecule has 1 amide bonds. The van der Waals surface area contributed by atoms with Crippen molar-refractivity contribution in [2.45, 2.75) is 57.3 Å². The van der Waals surface area contributed by atoms with Crippen molar-refractivity contribution in [1.29, 1.82) is 0 Å². The van der Waals surface area contributed by atoms with Crippen LogP contribution in [0.5, 0.6) is 0 Å². The van der Waals surface area contributed by atoms with Crippen molar-refractivity contribution in [1.82, 2.24) is 5.32 Å². The number of amides is 1. The third-order valence-corrected chi connectivity index (χ3v) is 3.74. The summed E-state index contributed by atoms with van der Waals surface area (Å²) < 4.78 is 15.9. The quantitative estimate of drug-likeness (QED) is 0.573. The van der Waals surface area contributed by atoms with E-state index in [1.54, 1.807) is 13.8 Å². The Morgan fingerprint density at radius 1 is 1.16 bits per heavy atom. The highest BCUT2D eigenvalue weighted by molar-refractivity contribution is 5.67. The van der Waals surface area contributed by atoms with E-state index in [1.807, 2.05) is 30.3 Å². The standard InChI is InChI=1S/C17H25NO7/c1-10(2)24-16-15(21)14(20)13(19)12(25-16)8-18-17(22)23-9-11-6-4-3-5-7-11/h3-7,10,12-16,19-21H,8-9H2,1-2H3,(H,18,22)/t12-,13-,14+,15-,16?/m1/s1. The molecule has 1 aromatic carbocycles. The van der Waals surface area contributed by atoms with Crippen LogP contribution in [-0.4, -0.2) is 64.8 Å². The molecule has 25 heavy (non-hydrogen) atoms. The molecule has 1 saturated heterocycles. The summed E-state index contributed by atoms with van der Waals surface area (Å²) in [5.41, 5.74) is 0.843. The van der Waals surface area contributed by atoms with Gasteiger partial charge in [-0.3, -0.25) is 0 Å². The number of rotatable bonds is 6. The SMILES string of the molecule is CC(C)OC1O[C@H](CNC(=O)OCc2ccccc2)[C@@H](O)[C@H](O)[C@H]1O. The number of carbonyl (C=O) groups is 1. The number of benzene rings is 1. The van der Waals surface area contributed by atoms with Crippen molar-refractivity contribution in [2.75, 3.05) is 6.54 Å². The maximum Gasteiger partial charge on any atom is 0.407 e. The lowest BCUT2D eigenvalue weighted by Gasteiger charge is -2.40. The van der Waals surface area contributed by atoms with Gasteiger partial charge in [-0.15, -0.1) is 0 Å². The van der Waals surface area contributed by atoms with E-state index >= 15 is 0 Å². The van der Waals surface area contributed by atoms with Crippen molar-refractivity contribution in [3.05, 3.63) is 35.9 Å². The zero-order valence-corrected chi connectivity index (χ0v) is 14.2. The number of carbonyl (C=O) groups excluding carboxylic acids is 1. The largest absolute Gasteiger partial charge is 0.445 e. The Kier molecular flexibility index (Phi) is 7.15. The predicted molar refractivity (Wildman–Crippen MR) is 87.5 cm³/mol. The van der Waals surface area contributed by atoms with Crippen molar-refractivity contribution in [3.8, 4) is 0 Å². The molecule has 1 heterocycles. The lowest BCUT2D eigenvalue weighted by Crippen LogP contribution is -2.60. The topological polar surface area (TPSA) is 117 Å². The van der Waals surface area contributed by atoms with Gasteiger partial charge in [0.1, 0.15) is 31.0 Å². The number of hydrogen-bond donors (Lipinski definition) is 4. The monoisotopic (exact) mass is 355 g/mol. The highest BCUT2D eigenvalue weighted by Gasteiger charge is 2.44. The van der Waals surface area contributed by atoms with Gasteiger partial charge in [0, 0.05) is 6.54 Å². The molecule has 0 aromatic heterocycles. The zero-order chi connectivity index (χ0) is 18.4. The average Bonchev–Trinajstić information content (AvgIpc) is 2.60. The van der Waals surface area contributed by atoms with E-state index in [-0.39, 0.29) is 19.3 Å². The van der Waals surface area contributed by atoms with E-state index in [2.05, 4.69) is 5.32 Å². The molecular weight excluding hydrogens is 330 g/mol. The normalized spacial score (nSPS) is 29.4. The molecule has 2 rings (SSSR count). The third-order valence-electron chi connectivity index (χ3n) is 3.74. The van der Waals surface area contributed by atoms with Crippen LogP contribution in [0.1, 0.15) is 19.4 Å². The maximum absolute atomic E-state index is 11.8. The molecule has 8 nitrogen and oxygen atoms in total. The summed E-state index contributed by atoms with van der Waals surface area (Å²) in [7, 11) is 0. The Balaban J connectivity index is 1.82. The number of ether oxygens (including phenoxy) is 3. The van der Waals surface area contributed by atoms with E-state index in [1.165, 1.54) is 0 Å². The second-order valence-electron chi connectivity index (χ2n) is 6.14. The Morgan fingerprint density at radius 3 is 2.48 bits per heavy atom. The molecule has 1 aromatic rings. The summed E-state index contributed by atoms with van der Waals surface area (Å²) in [5, 5.41) is 32.3. The summed E-state index contributed by atoms with van der Waals surface area (Å²) in [5.74, 6) is 0. The molecule has 0 radical (unpaired) electrons. The van der Waals surface area contributed by atoms with Gasteiger partial charge >= 0.3 is 6.09 Å². The van der Waals surface area contributed by atoms with E-state index in [0.717, 1.165) is 5.56 Å². The first-order valence-corrected chi connectivity index (χ1v) is 8.18. The molecule has 0 saturated carbocycles. The van der Waals surface area contributed by atoms with Crippen LogP contribution in [0, 0.1) is 0 Å². The molecule has 4 N–H and O–H groups in total. The van der Waals surface area contributed by atoms with Gasteiger partial charge in [0.15, 0.2) is 6.29 Å². The Hall–Kier alpha value is -1.71. The van der Waals surface area contributed by atoms with Gasteiger partial charge in [0.2, 0.25) is 0 Å². The van der Waals surface area contributed by atoms with Crippen LogP contribution < -0.4 is 5.32 Å². The van der Waals surface area contributed by atoms with E-state index in [9.17, 15) is 20.1 Å². The predicted octanol–water partition coefficient (Wildman–Crippen LogP) is 0.145. The van der Waals surface area contributed by atoms with Crippen LogP contribution in [0.25, 0.3) is 0 Å². The van der Waals surface area contributed by atoms with Gasteiger partial charge < -0.3 is 34.8 Å². The van der Waals surface area contributed by atoms with Crippen LogP contribution in [0.2, 0.25) is 0 Å². The molecule has 5 atom stereocenters. The first-order chi connectivity index (χ1) is 11.9. The summed E-state index contributed by atoms with van der Waals surface area (Å²) in [4.78, 5) is 11.8. The van der Waals surface area contributed by atoms with Gasteiger partial charge in [-0.2, -0.15) is 0 Å². The summed E-state index contributed by atoms with van der Waals surface area (Å²) in [6.45, 7) is 3.51. The fourth-order valence-electron chi connectivity index (χ4n) is 2.42. The maximum atomic E-state index is 11.8. The fourth-order valence-corrected chi connectivity index (χ4v) is 2.42. The molecule has 1 aliphatic rings. The lowest BCUT2D eigenvalue weighted by atomic mass is 9.99. The van der Waals surface area contributed by atoms with Gasteiger partial charge in [-0.25, -0.2) is 4.79 Å². The Labute approximate surface area is 146 Å². The minimum Gasteiger partial charge on any atom is -0.445 e. The fraction of sp³-hybridized carbons (Fsp3) is 0.588. The van der Waals surface area contributed by atoms with Gasteiger partial charge in [0.25, 0.3) is 0 Å². The second kappa shape index (κ2) is 9.12. The van der Waals surface area contributed by atoms with Crippen molar-refractivity contribution in [2.24, 2.45) is 0 Å². The minimum absolute atomic E-state index is 0.101. The molecule has 1 aliphatic heterocycles. The first-order valence-electron chi connectivity index (χ1n) is 8.18. The van der Waals surface area contributed by atoms with Crippen molar-refractivity contribution < 1.29 is 34.3 Å². The number of nitrogens with one attached hydrogen (secondary N) is 1. The van der Waals surface area contributed by atoms with E-state index < -0.39 is 36.8 Å². The second-order valence-corrected chi connectivity index (χ2v) is 6.14. The summed E-state index contributed by atoms with van der Waals surface area (Å²) >= 11 is 0. The van der Waals surface area contributed by atoms with Crippen LogP contribution in [-0.2, 0) is 20.8 Å². The molecule has 0 spiro atoms. The highest BCUT2D eigenvalue weighted by atomic mass is 16.7. The summed E-state index contributed by atoms with van der Waals surface area (Å²) in [6, 6.07) is 9.19. The summed E-state index contributed by atoms with van der Waals surface area (Å²) in [6.07, 6.45) is -7.13. The lowest BCUT2D eigenvalue weighted by molar-refractivity contribution is -0.303. The minimum atomic E-state index is -1.44. The van der Waals surface area contributed by atoms with Crippen molar-refractivity contribution >= 4 is 6.09 Å². The number of alkyl carbamates (subject to hydrolysis) is 1. The smallest absolute Gasteiger partial charge is 0.407 e. The number of aliphatic hydroxyl groups is 3. The van der Waals surface area contributed by atoms with E-state index in [4.69, 9.17) is 14.2 Å². The number of aliphatic hydroxyl groups excluding tert-OH is 3. The highest BCUT2D eigenvalue weighted by Crippen LogP contribution is 2.22. The zero-order valence-electron chi connectivity index (χ0n) is 14.2. The van der Waals surface area contributed by atoms with Crippen LogP contribution in [0.15, 0.2) is 30.3 Å². The molecule has 0 aliphatic carbocycles. The molecule has 0 bridgehead atoms. The third kappa shape index (κ3) is 5.65. The van der Waals surface area contributed by atoms with Gasteiger partial charge in [-0.05, 0) is 19.4 Å². The Bertz CT molecular complexity index is 539. The molecule has 1 unspecified atom stereocenters. The molecule has 1 fully saturated rings. The number of hydrogen-bond acceptors (Lipinski definition) is 7. The van der Waals surface area contributed by atoms with Gasteiger partial charge in [0.05, 0.1) is 6.10 Å². The molecule has 140 valence electrons. The molecule has 8 heteroatoms. The van der Waals surface area contributed by atoms with E-state index in [0.29, 0.717) is 0 Å². The van der Waals surface area contributed by atoms with Crippen molar-refractivity contribution in [3.63, 3.8) is 0 Å². The van der Waals surface area contributed by atoms with Crippen LogP contribution in [0.4, 0.5) is 4.79 Å². The van der Waals surface area contributed by atoms with Crippen LogP contribution >= 0.6 is 0 Å². The Morgan fingerprint density at radius 2 is 1.84 bits per heavy atom.